The largest absolute Gasteiger partial charge is 0.355 e. The minimum Gasteiger partial charge on any atom is -0.355 e. The normalized spacial score (nSPS) is 20.5. The fourth-order valence-electron chi connectivity index (χ4n) is 4.82. The number of amides is 2. The first-order valence-electron chi connectivity index (χ1n) is 14.6. The average Bonchev–Trinajstić information content (AvgIpc) is 3.20. The Hall–Kier alpha value is -1.72. The summed E-state index contributed by atoms with van der Waals surface area (Å²) in [6.45, 7) is 5.86. The minimum absolute atomic E-state index is 0.0384. The second-order valence-corrected chi connectivity index (χ2v) is 10.3. The van der Waals surface area contributed by atoms with Gasteiger partial charge in [-0.1, -0.05) is 84.5 Å². The molecule has 202 valence electrons. The Morgan fingerprint density at radius 3 is 1.37 bits per heavy atom. The Kier molecular flexibility index (Phi) is 18.3. The topological polar surface area (TPSA) is 92.3 Å². The minimum atomic E-state index is -0.358. The summed E-state index contributed by atoms with van der Waals surface area (Å²) in [6, 6.07) is 0. The van der Waals surface area contributed by atoms with Gasteiger partial charge in [0.15, 0.2) is 0 Å². The van der Waals surface area contributed by atoms with Crippen LogP contribution in [0.2, 0.25) is 0 Å². The summed E-state index contributed by atoms with van der Waals surface area (Å²) in [5.41, 5.74) is 0. The van der Waals surface area contributed by atoms with E-state index in [0.717, 1.165) is 77.3 Å². The van der Waals surface area contributed by atoms with Gasteiger partial charge in [-0.25, -0.2) is 0 Å². The van der Waals surface area contributed by atoms with Gasteiger partial charge in [0.1, 0.15) is 11.6 Å². The molecule has 2 heterocycles. The van der Waals surface area contributed by atoms with Crippen LogP contribution in [0.3, 0.4) is 0 Å². The second-order valence-electron chi connectivity index (χ2n) is 10.3. The van der Waals surface area contributed by atoms with Crippen LogP contribution in [0.5, 0.6) is 0 Å². The van der Waals surface area contributed by atoms with Crippen molar-refractivity contribution in [2.45, 2.75) is 136 Å². The molecule has 2 amide bonds. The molecule has 0 spiro atoms. The molecule has 0 saturated carbocycles. The molecule has 2 N–H and O–H groups in total. The molecule has 2 fully saturated rings. The summed E-state index contributed by atoms with van der Waals surface area (Å²) in [5, 5.41) is 5.66. The molecule has 2 aliphatic heterocycles. The van der Waals surface area contributed by atoms with Crippen molar-refractivity contribution in [3.8, 4) is 0 Å². The van der Waals surface area contributed by atoms with Gasteiger partial charge in [-0.2, -0.15) is 0 Å². The lowest BCUT2D eigenvalue weighted by Crippen LogP contribution is -2.33. The first-order valence-corrected chi connectivity index (χ1v) is 14.6. The highest BCUT2D eigenvalue weighted by atomic mass is 16.2. The maximum atomic E-state index is 12.0. The highest BCUT2D eigenvalue weighted by molar-refractivity contribution is 6.02. The van der Waals surface area contributed by atoms with Gasteiger partial charge in [-0.05, 0) is 38.5 Å². The highest BCUT2D eigenvalue weighted by Gasteiger charge is 2.27. The standard InChI is InChI=1S/C15H27NO2.C14H25NO2/c1-2-3-4-5-6-7-11-14(17)13-10-8-9-12-16-15(13)18;1-2-3-4-5-6-10-13(16)12-9-7-8-11-15-14(12)17/h13H,2-12H2,1H3,(H,16,18);12H,2-11H2,1H3,(H,15,17). The van der Waals surface area contributed by atoms with E-state index in [2.05, 4.69) is 24.5 Å². The van der Waals surface area contributed by atoms with Crippen LogP contribution in [0, 0.1) is 11.8 Å². The molecule has 2 rings (SSSR count). The molecule has 2 unspecified atom stereocenters. The highest BCUT2D eigenvalue weighted by Crippen LogP contribution is 2.18. The van der Waals surface area contributed by atoms with Gasteiger partial charge in [0.2, 0.25) is 11.8 Å². The predicted molar refractivity (Wildman–Crippen MR) is 142 cm³/mol. The van der Waals surface area contributed by atoms with Gasteiger partial charge in [0, 0.05) is 25.9 Å². The van der Waals surface area contributed by atoms with Crippen molar-refractivity contribution in [1.82, 2.24) is 10.6 Å². The maximum absolute atomic E-state index is 12.0. The number of ketones is 2. The lowest BCUT2D eigenvalue weighted by atomic mass is 9.94. The molecule has 6 nitrogen and oxygen atoms in total. The van der Waals surface area contributed by atoms with E-state index in [-0.39, 0.29) is 35.2 Å². The number of unbranched alkanes of at least 4 members (excludes halogenated alkanes) is 9. The van der Waals surface area contributed by atoms with Crippen LogP contribution in [-0.2, 0) is 19.2 Å². The molecular weight excluding hydrogens is 440 g/mol. The lowest BCUT2D eigenvalue weighted by molar-refractivity contribution is -0.135. The molecule has 6 heteroatoms. The Labute approximate surface area is 214 Å². The van der Waals surface area contributed by atoms with Crippen molar-refractivity contribution in [1.29, 1.82) is 0 Å². The number of carbonyl (C=O) groups excluding carboxylic acids is 4. The summed E-state index contributed by atoms with van der Waals surface area (Å²) in [4.78, 5) is 47.3. The first kappa shape index (κ1) is 31.3. The fourth-order valence-corrected chi connectivity index (χ4v) is 4.82. The zero-order chi connectivity index (χ0) is 25.7. The Bertz CT molecular complexity index is 620. The van der Waals surface area contributed by atoms with Crippen LogP contribution in [0.4, 0.5) is 0 Å². The molecular formula is C29H52N2O4. The van der Waals surface area contributed by atoms with Crippen LogP contribution in [0.15, 0.2) is 0 Å². The molecule has 2 aliphatic rings. The number of Topliss-reactive ketones (excluding diaryl/α,β-unsaturated/α-hetero) is 2. The molecule has 0 aromatic rings. The van der Waals surface area contributed by atoms with Crippen LogP contribution in [-0.4, -0.2) is 36.5 Å². The third-order valence-electron chi connectivity index (χ3n) is 7.15. The molecule has 0 aliphatic carbocycles. The van der Waals surface area contributed by atoms with Crippen LogP contribution in [0.25, 0.3) is 0 Å². The number of hydrogen-bond donors (Lipinski definition) is 2. The lowest BCUT2D eigenvalue weighted by Gasteiger charge is -2.11. The van der Waals surface area contributed by atoms with Crippen LogP contribution >= 0.6 is 0 Å². The fraction of sp³-hybridized carbons (Fsp3) is 0.862. The molecule has 35 heavy (non-hydrogen) atoms. The van der Waals surface area contributed by atoms with Crippen molar-refractivity contribution in [2.75, 3.05) is 13.1 Å². The molecule has 0 bridgehead atoms. The van der Waals surface area contributed by atoms with Gasteiger partial charge < -0.3 is 10.6 Å². The third kappa shape index (κ3) is 14.4. The van der Waals surface area contributed by atoms with E-state index >= 15 is 0 Å². The summed E-state index contributed by atoms with van der Waals surface area (Å²) < 4.78 is 0. The zero-order valence-corrected chi connectivity index (χ0v) is 22.6. The van der Waals surface area contributed by atoms with Crippen molar-refractivity contribution in [3.05, 3.63) is 0 Å². The van der Waals surface area contributed by atoms with Crippen molar-refractivity contribution in [3.63, 3.8) is 0 Å². The third-order valence-corrected chi connectivity index (χ3v) is 7.15. The quantitative estimate of drug-likeness (QED) is 0.215. The van der Waals surface area contributed by atoms with Crippen LogP contribution < -0.4 is 10.6 Å². The monoisotopic (exact) mass is 492 g/mol. The van der Waals surface area contributed by atoms with E-state index in [1.165, 1.54) is 44.9 Å². The zero-order valence-electron chi connectivity index (χ0n) is 22.6. The second kappa shape index (κ2) is 20.5. The van der Waals surface area contributed by atoms with E-state index in [1.54, 1.807) is 0 Å². The number of carbonyl (C=O) groups is 4. The van der Waals surface area contributed by atoms with E-state index in [0.29, 0.717) is 12.8 Å². The van der Waals surface area contributed by atoms with Gasteiger partial charge in [-0.15, -0.1) is 0 Å². The maximum Gasteiger partial charge on any atom is 0.230 e. The average molecular weight is 493 g/mol. The number of rotatable bonds is 15. The Morgan fingerprint density at radius 1 is 0.600 bits per heavy atom. The van der Waals surface area contributed by atoms with Crippen molar-refractivity contribution < 1.29 is 19.2 Å². The van der Waals surface area contributed by atoms with Gasteiger partial charge in [-0.3, -0.25) is 19.2 Å². The molecule has 2 atom stereocenters. The van der Waals surface area contributed by atoms with E-state index in [9.17, 15) is 19.2 Å². The first-order chi connectivity index (χ1) is 17.0. The van der Waals surface area contributed by atoms with Crippen LogP contribution in [0.1, 0.15) is 136 Å². The van der Waals surface area contributed by atoms with E-state index in [4.69, 9.17) is 0 Å². The van der Waals surface area contributed by atoms with Gasteiger partial charge in [0.05, 0.1) is 11.8 Å². The summed E-state index contributed by atoms with van der Waals surface area (Å²) in [6.07, 6.45) is 19.5. The van der Waals surface area contributed by atoms with E-state index < -0.39 is 0 Å². The number of nitrogens with one attached hydrogen (secondary N) is 2. The molecule has 2 saturated heterocycles. The Balaban J connectivity index is 0.000000351. The van der Waals surface area contributed by atoms with Crippen molar-refractivity contribution in [2.24, 2.45) is 11.8 Å². The van der Waals surface area contributed by atoms with Gasteiger partial charge in [0.25, 0.3) is 0 Å². The van der Waals surface area contributed by atoms with Crippen molar-refractivity contribution >= 4 is 23.4 Å². The summed E-state index contributed by atoms with van der Waals surface area (Å²) in [5.74, 6) is -0.484. The summed E-state index contributed by atoms with van der Waals surface area (Å²) >= 11 is 0. The Morgan fingerprint density at radius 2 is 0.971 bits per heavy atom. The number of hydrogen-bond acceptors (Lipinski definition) is 4. The summed E-state index contributed by atoms with van der Waals surface area (Å²) in [7, 11) is 0. The van der Waals surface area contributed by atoms with E-state index in [1.807, 2.05) is 0 Å². The molecule has 0 radical (unpaired) electrons. The van der Waals surface area contributed by atoms with Gasteiger partial charge >= 0.3 is 0 Å². The SMILES string of the molecule is CCCCCCCC(=O)C1CCCCNC1=O.CCCCCCCCC(=O)C1CCCCNC1=O. The molecule has 0 aromatic carbocycles. The smallest absolute Gasteiger partial charge is 0.230 e. The predicted octanol–water partition coefficient (Wildman–Crippen LogP) is 6.05. The molecule has 0 aromatic heterocycles.